The molecule has 4 nitrogen and oxygen atoms in total. The van der Waals surface area contributed by atoms with E-state index in [1.807, 2.05) is 30.3 Å². The van der Waals surface area contributed by atoms with E-state index in [0.717, 1.165) is 5.56 Å². The van der Waals surface area contributed by atoms with Crippen molar-refractivity contribution >= 4 is 11.8 Å². The van der Waals surface area contributed by atoms with Gasteiger partial charge in [-0.3, -0.25) is 9.59 Å². The van der Waals surface area contributed by atoms with Crippen molar-refractivity contribution < 1.29 is 9.59 Å². The van der Waals surface area contributed by atoms with Gasteiger partial charge < -0.3 is 10.6 Å². The minimum Gasteiger partial charge on any atom is -0.344 e. The highest BCUT2D eigenvalue weighted by atomic mass is 16.2. The number of nitrogens with one attached hydrogen (secondary N) is 2. The van der Waals surface area contributed by atoms with Crippen LogP contribution in [-0.4, -0.2) is 24.4 Å². The molecule has 0 spiro atoms. The minimum absolute atomic E-state index is 0.152. The summed E-state index contributed by atoms with van der Waals surface area (Å²) in [6, 6.07) is 8.98. The lowest BCUT2D eigenvalue weighted by atomic mass is 9.95. The number of carbonyl (C=O) groups excluding carboxylic acids is 2. The Morgan fingerprint density at radius 1 is 1.19 bits per heavy atom. The second-order valence-corrected chi connectivity index (χ2v) is 5.83. The zero-order valence-corrected chi connectivity index (χ0v) is 13.0. The van der Waals surface area contributed by atoms with Crippen LogP contribution in [0.15, 0.2) is 30.3 Å². The molecule has 0 aliphatic rings. The predicted molar refractivity (Wildman–Crippen MR) is 83.4 cm³/mol. The maximum absolute atomic E-state index is 11.8. The number of rotatable bonds is 3. The summed E-state index contributed by atoms with van der Waals surface area (Å²) in [5.41, 5.74) is 0.391. The summed E-state index contributed by atoms with van der Waals surface area (Å²) < 4.78 is 0. The standard InChI is InChI=1S/C17H22N2O2/c1-13(19-16(21)17(2,3)4)15(20)18-12-8-11-14-9-6-5-7-10-14/h5-7,9-10,13H,12H2,1-4H3,(H,18,20)(H,19,21). The maximum Gasteiger partial charge on any atom is 0.243 e. The Balaban J connectivity index is 2.41. The Labute approximate surface area is 126 Å². The van der Waals surface area contributed by atoms with E-state index in [-0.39, 0.29) is 18.4 Å². The summed E-state index contributed by atoms with van der Waals surface area (Å²) in [6.07, 6.45) is 0. The van der Waals surface area contributed by atoms with Gasteiger partial charge in [0.05, 0.1) is 6.54 Å². The molecule has 112 valence electrons. The van der Waals surface area contributed by atoms with E-state index in [4.69, 9.17) is 0 Å². The Bertz CT molecular complexity index is 548. The highest BCUT2D eigenvalue weighted by Crippen LogP contribution is 2.12. The van der Waals surface area contributed by atoms with Gasteiger partial charge in [-0.05, 0) is 19.1 Å². The molecule has 21 heavy (non-hydrogen) atoms. The molecule has 1 aromatic carbocycles. The molecule has 0 aliphatic heterocycles. The molecule has 4 heteroatoms. The van der Waals surface area contributed by atoms with Crippen molar-refractivity contribution in [2.75, 3.05) is 6.54 Å². The molecule has 0 radical (unpaired) electrons. The van der Waals surface area contributed by atoms with E-state index < -0.39 is 11.5 Å². The first-order valence-corrected chi connectivity index (χ1v) is 6.93. The Morgan fingerprint density at radius 2 is 1.81 bits per heavy atom. The molecular weight excluding hydrogens is 264 g/mol. The average Bonchev–Trinajstić information content (AvgIpc) is 2.43. The van der Waals surface area contributed by atoms with Crippen LogP contribution in [-0.2, 0) is 9.59 Å². The number of benzene rings is 1. The fourth-order valence-electron chi connectivity index (χ4n) is 1.43. The smallest absolute Gasteiger partial charge is 0.243 e. The fourth-order valence-corrected chi connectivity index (χ4v) is 1.43. The molecule has 0 fully saturated rings. The first-order chi connectivity index (χ1) is 9.80. The largest absolute Gasteiger partial charge is 0.344 e. The molecule has 0 aliphatic carbocycles. The van der Waals surface area contributed by atoms with Gasteiger partial charge >= 0.3 is 0 Å². The van der Waals surface area contributed by atoms with E-state index in [9.17, 15) is 9.59 Å². The third kappa shape index (κ3) is 6.13. The maximum atomic E-state index is 11.8. The van der Waals surface area contributed by atoms with Gasteiger partial charge in [-0.15, -0.1) is 0 Å². The fraction of sp³-hybridized carbons (Fsp3) is 0.412. The lowest BCUT2D eigenvalue weighted by molar-refractivity contribution is -0.133. The van der Waals surface area contributed by atoms with Crippen molar-refractivity contribution in [1.82, 2.24) is 10.6 Å². The van der Waals surface area contributed by atoms with Gasteiger partial charge in [-0.25, -0.2) is 0 Å². The van der Waals surface area contributed by atoms with Crippen LogP contribution in [0.1, 0.15) is 33.3 Å². The molecule has 0 saturated carbocycles. The van der Waals surface area contributed by atoms with Crippen LogP contribution in [0.4, 0.5) is 0 Å². The van der Waals surface area contributed by atoms with Crippen molar-refractivity contribution in [3.8, 4) is 11.8 Å². The second-order valence-electron chi connectivity index (χ2n) is 5.83. The van der Waals surface area contributed by atoms with E-state index >= 15 is 0 Å². The molecule has 2 amide bonds. The van der Waals surface area contributed by atoms with E-state index in [1.165, 1.54) is 0 Å². The summed E-state index contributed by atoms with van der Waals surface area (Å²) in [6.45, 7) is 7.32. The van der Waals surface area contributed by atoms with Crippen LogP contribution in [0, 0.1) is 17.3 Å². The Hall–Kier alpha value is -2.28. The van der Waals surface area contributed by atoms with Crippen LogP contribution >= 0.6 is 0 Å². The topological polar surface area (TPSA) is 58.2 Å². The van der Waals surface area contributed by atoms with E-state index in [1.54, 1.807) is 27.7 Å². The van der Waals surface area contributed by atoms with E-state index in [0.29, 0.717) is 0 Å². The third-order valence-corrected chi connectivity index (χ3v) is 2.78. The van der Waals surface area contributed by atoms with Crippen LogP contribution in [0.5, 0.6) is 0 Å². The van der Waals surface area contributed by atoms with Gasteiger partial charge in [0.1, 0.15) is 6.04 Å². The molecule has 1 atom stereocenters. The van der Waals surface area contributed by atoms with E-state index in [2.05, 4.69) is 22.5 Å². The van der Waals surface area contributed by atoms with Crippen molar-refractivity contribution in [2.45, 2.75) is 33.7 Å². The molecule has 0 heterocycles. The molecule has 0 saturated heterocycles. The number of amides is 2. The summed E-state index contributed by atoms with van der Waals surface area (Å²) in [4.78, 5) is 23.6. The van der Waals surface area contributed by atoms with Gasteiger partial charge in [-0.2, -0.15) is 0 Å². The first kappa shape index (κ1) is 16.8. The zero-order chi connectivity index (χ0) is 15.9. The average molecular weight is 286 g/mol. The molecule has 0 aromatic heterocycles. The molecule has 2 N–H and O–H groups in total. The van der Waals surface area contributed by atoms with Gasteiger partial charge in [0, 0.05) is 11.0 Å². The third-order valence-electron chi connectivity index (χ3n) is 2.78. The predicted octanol–water partition coefficient (Wildman–Crippen LogP) is 1.71. The number of carbonyl (C=O) groups is 2. The molecule has 1 aromatic rings. The van der Waals surface area contributed by atoms with Crippen LogP contribution in [0.25, 0.3) is 0 Å². The van der Waals surface area contributed by atoms with Crippen molar-refractivity contribution in [1.29, 1.82) is 0 Å². The zero-order valence-electron chi connectivity index (χ0n) is 13.0. The monoisotopic (exact) mass is 286 g/mol. The molecule has 1 rings (SSSR count). The lowest BCUT2D eigenvalue weighted by Crippen LogP contribution is -2.48. The summed E-state index contributed by atoms with van der Waals surface area (Å²) in [7, 11) is 0. The SMILES string of the molecule is CC(NC(=O)C(C)(C)C)C(=O)NCC#Cc1ccccc1. The lowest BCUT2D eigenvalue weighted by Gasteiger charge is -2.21. The van der Waals surface area contributed by atoms with Gasteiger partial charge in [-0.1, -0.05) is 50.8 Å². The van der Waals surface area contributed by atoms with Gasteiger partial charge in [0.25, 0.3) is 0 Å². The van der Waals surface area contributed by atoms with Gasteiger partial charge in [0.15, 0.2) is 0 Å². The summed E-state index contributed by atoms with van der Waals surface area (Å²) in [5.74, 6) is 5.44. The first-order valence-electron chi connectivity index (χ1n) is 6.93. The molecule has 1 unspecified atom stereocenters. The van der Waals surface area contributed by atoms with Crippen LogP contribution in [0.2, 0.25) is 0 Å². The molecule has 0 bridgehead atoms. The summed E-state index contributed by atoms with van der Waals surface area (Å²) in [5, 5.41) is 5.36. The van der Waals surface area contributed by atoms with Crippen LogP contribution < -0.4 is 10.6 Å². The second kappa shape index (κ2) is 7.49. The highest BCUT2D eigenvalue weighted by Gasteiger charge is 2.24. The number of hydrogen-bond donors (Lipinski definition) is 2. The van der Waals surface area contributed by atoms with Crippen molar-refractivity contribution in [3.63, 3.8) is 0 Å². The molecular formula is C17H22N2O2. The number of hydrogen-bond acceptors (Lipinski definition) is 2. The Kier molecular flexibility index (Phi) is 5.98. The van der Waals surface area contributed by atoms with Crippen molar-refractivity contribution in [3.05, 3.63) is 35.9 Å². The van der Waals surface area contributed by atoms with Gasteiger partial charge in [0.2, 0.25) is 11.8 Å². The highest BCUT2D eigenvalue weighted by molar-refractivity contribution is 5.89. The van der Waals surface area contributed by atoms with Crippen molar-refractivity contribution in [2.24, 2.45) is 5.41 Å². The normalized spacial score (nSPS) is 11.8. The summed E-state index contributed by atoms with van der Waals surface area (Å²) >= 11 is 0. The Morgan fingerprint density at radius 3 is 2.38 bits per heavy atom. The van der Waals surface area contributed by atoms with Crippen LogP contribution in [0.3, 0.4) is 0 Å². The minimum atomic E-state index is -0.574. The quantitative estimate of drug-likeness (QED) is 0.831.